The molecule has 6 heteroatoms. The first-order valence-electron chi connectivity index (χ1n) is 10.8. The summed E-state index contributed by atoms with van der Waals surface area (Å²) in [5.41, 5.74) is 4.17. The fourth-order valence-corrected chi connectivity index (χ4v) is 4.45. The third kappa shape index (κ3) is 5.08. The summed E-state index contributed by atoms with van der Waals surface area (Å²) in [5, 5.41) is 9.08. The smallest absolute Gasteiger partial charge is 0.267 e. The number of carbonyl (C=O) groups excluding carboxylic acids is 1. The predicted octanol–water partition coefficient (Wildman–Crippen LogP) is 6.45. The zero-order chi connectivity index (χ0) is 23.2. The standard InChI is InChI=1S/C28H21N3O2S/c32-27-26(18-21-13-15-24(16-14-21)23-10-5-2-6-11-23)34-28(31(27)20-25-12-7-17-33-25)30-29-19-22-8-3-1-4-9-22/h1-19H,20H2/b26-18-,29-19-,30-28+. The Morgan fingerprint density at radius 2 is 1.50 bits per heavy atom. The SMILES string of the molecule is O=C1/C(=C/c2ccc(-c3ccccc3)cc2)S/C(=N/N=C\c2ccccc2)N1Cc1ccco1. The summed E-state index contributed by atoms with van der Waals surface area (Å²) in [7, 11) is 0. The van der Waals surface area contributed by atoms with Crippen LogP contribution in [-0.2, 0) is 11.3 Å². The lowest BCUT2D eigenvalue weighted by atomic mass is 10.0. The van der Waals surface area contributed by atoms with Crippen LogP contribution in [0.15, 0.2) is 123 Å². The summed E-state index contributed by atoms with van der Waals surface area (Å²) in [6.07, 6.45) is 5.16. The summed E-state index contributed by atoms with van der Waals surface area (Å²) in [6, 6.07) is 31.7. The minimum absolute atomic E-state index is 0.123. The molecule has 0 unspecified atom stereocenters. The Bertz CT molecular complexity index is 1340. The average Bonchev–Trinajstić information content (AvgIpc) is 3.50. The topological polar surface area (TPSA) is 58.2 Å². The van der Waals surface area contributed by atoms with Crippen LogP contribution in [0, 0.1) is 0 Å². The monoisotopic (exact) mass is 463 g/mol. The molecule has 0 N–H and O–H groups in total. The molecule has 5 rings (SSSR count). The maximum Gasteiger partial charge on any atom is 0.267 e. The molecule has 1 aromatic heterocycles. The lowest BCUT2D eigenvalue weighted by molar-refractivity contribution is -0.122. The second-order valence-electron chi connectivity index (χ2n) is 7.61. The highest BCUT2D eigenvalue weighted by Gasteiger charge is 2.34. The van der Waals surface area contributed by atoms with Gasteiger partial charge in [-0.05, 0) is 52.2 Å². The largest absolute Gasteiger partial charge is 0.467 e. The Hall–Kier alpha value is -4.16. The Morgan fingerprint density at radius 1 is 0.794 bits per heavy atom. The molecule has 0 atom stereocenters. The van der Waals surface area contributed by atoms with Crippen molar-refractivity contribution in [3.05, 3.63) is 125 Å². The van der Waals surface area contributed by atoms with Crippen LogP contribution < -0.4 is 0 Å². The van der Waals surface area contributed by atoms with Crippen molar-refractivity contribution in [2.45, 2.75) is 6.54 Å². The van der Waals surface area contributed by atoms with Crippen molar-refractivity contribution >= 4 is 35.1 Å². The molecule has 0 radical (unpaired) electrons. The van der Waals surface area contributed by atoms with E-state index in [9.17, 15) is 4.79 Å². The highest BCUT2D eigenvalue weighted by Crippen LogP contribution is 2.34. The summed E-state index contributed by atoms with van der Waals surface area (Å²) >= 11 is 1.31. The van der Waals surface area contributed by atoms with Gasteiger partial charge in [-0.15, -0.1) is 5.10 Å². The molecule has 0 aliphatic carbocycles. The second-order valence-corrected chi connectivity index (χ2v) is 8.62. The van der Waals surface area contributed by atoms with E-state index >= 15 is 0 Å². The molecule has 1 aliphatic rings. The van der Waals surface area contributed by atoms with Gasteiger partial charge in [-0.2, -0.15) is 5.10 Å². The molecular formula is C28H21N3O2S. The highest BCUT2D eigenvalue weighted by molar-refractivity contribution is 8.18. The number of nitrogens with zero attached hydrogens (tertiary/aromatic N) is 3. The third-order valence-electron chi connectivity index (χ3n) is 5.25. The van der Waals surface area contributed by atoms with Crippen molar-refractivity contribution in [1.82, 2.24) is 4.90 Å². The van der Waals surface area contributed by atoms with Crippen molar-refractivity contribution < 1.29 is 9.21 Å². The number of benzene rings is 3. The molecule has 166 valence electrons. The Labute approximate surface area is 202 Å². The first-order valence-corrected chi connectivity index (χ1v) is 11.6. The van der Waals surface area contributed by atoms with E-state index in [1.54, 1.807) is 23.4 Å². The first-order chi connectivity index (χ1) is 16.8. The van der Waals surface area contributed by atoms with E-state index in [0.717, 1.165) is 22.3 Å². The predicted molar refractivity (Wildman–Crippen MR) is 138 cm³/mol. The van der Waals surface area contributed by atoms with Crippen LogP contribution in [0.2, 0.25) is 0 Å². The lowest BCUT2D eigenvalue weighted by Gasteiger charge is -2.12. The fourth-order valence-electron chi connectivity index (χ4n) is 3.52. The van der Waals surface area contributed by atoms with E-state index < -0.39 is 0 Å². The van der Waals surface area contributed by atoms with Gasteiger partial charge in [-0.1, -0.05) is 84.9 Å². The van der Waals surface area contributed by atoms with Gasteiger partial charge in [0.05, 0.1) is 23.9 Å². The number of thioether (sulfide) groups is 1. The van der Waals surface area contributed by atoms with Gasteiger partial charge in [0.15, 0.2) is 5.17 Å². The zero-order valence-corrected chi connectivity index (χ0v) is 19.1. The van der Waals surface area contributed by atoms with Gasteiger partial charge in [0, 0.05) is 0 Å². The van der Waals surface area contributed by atoms with E-state index in [0.29, 0.717) is 22.4 Å². The molecule has 0 bridgehead atoms. The van der Waals surface area contributed by atoms with E-state index in [2.05, 4.69) is 34.5 Å². The van der Waals surface area contributed by atoms with Gasteiger partial charge in [-0.3, -0.25) is 9.69 Å². The number of rotatable bonds is 6. The molecule has 0 spiro atoms. The van der Waals surface area contributed by atoms with Crippen molar-refractivity contribution in [2.75, 3.05) is 0 Å². The molecule has 1 aliphatic heterocycles. The van der Waals surface area contributed by atoms with Crippen LogP contribution >= 0.6 is 11.8 Å². The molecule has 3 aromatic carbocycles. The maximum absolute atomic E-state index is 13.2. The van der Waals surface area contributed by atoms with Crippen molar-refractivity contribution in [1.29, 1.82) is 0 Å². The van der Waals surface area contributed by atoms with Crippen LogP contribution in [0.3, 0.4) is 0 Å². The van der Waals surface area contributed by atoms with Crippen molar-refractivity contribution in [3.8, 4) is 11.1 Å². The molecule has 34 heavy (non-hydrogen) atoms. The first kappa shape index (κ1) is 21.7. The number of furan rings is 1. The van der Waals surface area contributed by atoms with Crippen molar-refractivity contribution in [3.63, 3.8) is 0 Å². The van der Waals surface area contributed by atoms with E-state index in [1.807, 2.05) is 72.8 Å². The lowest BCUT2D eigenvalue weighted by Crippen LogP contribution is -2.28. The number of carbonyl (C=O) groups is 1. The number of amidine groups is 1. The van der Waals surface area contributed by atoms with Gasteiger partial charge in [-0.25, -0.2) is 0 Å². The normalized spacial score (nSPS) is 16.2. The summed E-state index contributed by atoms with van der Waals surface area (Å²) < 4.78 is 5.46. The second kappa shape index (κ2) is 10.2. The third-order valence-corrected chi connectivity index (χ3v) is 6.24. The van der Waals surface area contributed by atoms with Crippen LogP contribution in [0.1, 0.15) is 16.9 Å². The molecule has 4 aromatic rings. The van der Waals surface area contributed by atoms with Gasteiger partial charge in [0.25, 0.3) is 5.91 Å². The highest BCUT2D eigenvalue weighted by atomic mass is 32.2. The number of amides is 1. The van der Waals surface area contributed by atoms with E-state index in [1.165, 1.54) is 11.8 Å². The Kier molecular flexibility index (Phi) is 6.49. The maximum atomic E-state index is 13.2. The molecular weight excluding hydrogens is 442 g/mol. The van der Waals surface area contributed by atoms with Crippen LogP contribution in [0.25, 0.3) is 17.2 Å². The van der Waals surface area contributed by atoms with Gasteiger partial charge in [0.1, 0.15) is 5.76 Å². The van der Waals surface area contributed by atoms with Gasteiger partial charge >= 0.3 is 0 Å². The molecule has 1 amide bonds. The quantitative estimate of drug-likeness (QED) is 0.187. The van der Waals surface area contributed by atoms with Gasteiger partial charge in [0.2, 0.25) is 0 Å². The van der Waals surface area contributed by atoms with Crippen molar-refractivity contribution in [2.24, 2.45) is 10.2 Å². The molecule has 2 heterocycles. The van der Waals surface area contributed by atoms with Crippen LogP contribution in [0.4, 0.5) is 0 Å². The average molecular weight is 464 g/mol. The molecule has 0 saturated carbocycles. The summed E-state index contributed by atoms with van der Waals surface area (Å²) in [5.74, 6) is 0.560. The number of hydrogen-bond acceptors (Lipinski definition) is 5. The van der Waals surface area contributed by atoms with E-state index in [4.69, 9.17) is 4.42 Å². The summed E-state index contributed by atoms with van der Waals surface area (Å²) in [6.45, 7) is 0.294. The number of hydrogen-bond donors (Lipinski definition) is 0. The Balaban J connectivity index is 1.40. The molecule has 1 saturated heterocycles. The molecule has 1 fully saturated rings. The minimum atomic E-state index is -0.123. The van der Waals surface area contributed by atoms with Crippen LogP contribution in [0.5, 0.6) is 0 Å². The van der Waals surface area contributed by atoms with Crippen LogP contribution in [-0.4, -0.2) is 22.2 Å². The fraction of sp³-hybridized carbons (Fsp3) is 0.0357. The summed E-state index contributed by atoms with van der Waals surface area (Å²) in [4.78, 5) is 15.4. The van der Waals surface area contributed by atoms with Gasteiger partial charge < -0.3 is 4.42 Å². The van der Waals surface area contributed by atoms with E-state index in [-0.39, 0.29) is 5.91 Å². The molecule has 5 nitrogen and oxygen atoms in total. The zero-order valence-electron chi connectivity index (χ0n) is 18.2. The minimum Gasteiger partial charge on any atom is -0.467 e. The Morgan fingerprint density at radius 3 is 2.21 bits per heavy atom.